The lowest BCUT2D eigenvalue weighted by atomic mass is 9.90. The van der Waals surface area contributed by atoms with Gasteiger partial charge in [-0.25, -0.2) is 0 Å². The van der Waals surface area contributed by atoms with E-state index in [1.54, 1.807) is 0 Å². The third-order valence-corrected chi connectivity index (χ3v) is 7.49. The molecule has 202 valence electrons. The average Bonchev–Trinajstić information content (AvgIpc) is 2.84. The van der Waals surface area contributed by atoms with Crippen molar-refractivity contribution >= 4 is 74.4 Å². The fourth-order valence-corrected chi connectivity index (χ4v) is 5.31. The number of hydrogen-bond donors (Lipinski definition) is 0. The fourth-order valence-electron chi connectivity index (χ4n) is 3.75. The second-order valence-corrected chi connectivity index (χ2v) is 13.7. The van der Waals surface area contributed by atoms with Gasteiger partial charge in [0, 0.05) is 21.1 Å². The maximum atomic E-state index is 5.42. The minimum Gasteiger partial charge on any atom is -0.336 e. The molecule has 0 saturated carbocycles. The van der Waals surface area contributed by atoms with Crippen LogP contribution in [-0.2, 0) is 6.42 Å². The second kappa shape index (κ2) is 17.2. The van der Waals surface area contributed by atoms with Crippen LogP contribution in [0.25, 0.3) is 5.70 Å². The van der Waals surface area contributed by atoms with Gasteiger partial charge < -0.3 is 4.90 Å². The summed E-state index contributed by atoms with van der Waals surface area (Å²) in [6, 6.07) is 17.2. The molecule has 1 nitrogen and oxygen atoms in total. The first-order chi connectivity index (χ1) is 17.4. The number of anilines is 1. The first kappa shape index (κ1) is 33.6. The van der Waals surface area contributed by atoms with Crippen LogP contribution in [-0.4, -0.2) is 26.9 Å². The Balaban J connectivity index is 0.000000649. The Morgan fingerprint density at radius 1 is 0.919 bits per heavy atom. The van der Waals surface area contributed by atoms with E-state index < -0.39 is 0 Å². The van der Waals surface area contributed by atoms with Gasteiger partial charge in [0.05, 0.1) is 6.54 Å². The van der Waals surface area contributed by atoms with Crippen molar-refractivity contribution in [2.75, 3.05) is 17.2 Å². The van der Waals surface area contributed by atoms with Gasteiger partial charge in [-0.05, 0) is 96.2 Å². The lowest BCUT2D eigenvalue weighted by molar-refractivity contribution is 0.434. The van der Waals surface area contributed by atoms with Gasteiger partial charge in [-0.3, -0.25) is 0 Å². The van der Waals surface area contributed by atoms with Gasteiger partial charge in [0.1, 0.15) is 0 Å². The first-order valence-electron chi connectivity index (χ1n) is 13.2. The minimum absolute atomic E-state index is 0.382. The number of para-hydroxylation sites is 1. The van der Waals surface area contributed by atoms with Crippen molar-refractivity contribution in [2.24, 2.45) is 5.41 Å². The minimum atomic E-state index is 0.382. The van der Waals surface area contributed by atoms with Gasteiger partial charge in [0.25, 0.3) is 0 Å². The predicted octanol–water partition coefficient (Wildman–Crippen LogP) is 10.6. The van der Waals surface area contributed by atoms with E-state index >= 15 is 0 Å². The van der Waals surface area contributed by atoms with Crippen LogP contribution < -0.4 is 4.90 Å². The van der Waals surface area contributed by atoms with Crippen molar-refractivity contribution in [3.63, 3.8) is 0 Å². The topological polar surface area (TPSA) is 3.24 Å². The van der Waals surface area contributed by atoms with Crippen molar-refractivity contribution in [1.29, 1.82) is 0 Å². The maximum absolute atomic E-state index is 5.42. The molecular formula is C32H45NS4. The molecule has 0 fully saturated rings. The monoisotopic (exact) mass is 571 g/mol. The highest BCUT2D eigenvalue weighted by Gasteiger charge is 2.16. The Kier molecular flexibility index (Phi) is 15.7. The Hall–Kier alpha value is -1.40. The number of nitrogens with zero attached hydrogens (tertiary/aromatic N) is 1. The maximum Gasteiger partial charge on any atom is 0.0542 e. The van der Waals surface area contributed by atoms with Crippen molar-refractivity contribution < 1.29 is 0 Å². The van der Waals surface area contributed by atoms with E-state index in [0.717, 1.165) is 58.8 Å². The summed E-state index contributed by atoms with van der Waals surface area (Å²) in [6.45, 7) is 20.1. The molecule has 0 aliphatic rings. The number of benzene rings is 2. The van der Waals surface area contributed by atoms with Crippen LogP contribution in [0, 0.1) is 5.41 Å². The van der Waals surface area contributed by atoms with E-state index in [9.17, 15) is 0 Å². The molecule has 0 aliphatic carbocycles. The van der Waals surface area contributed by atoms with Crippen molar-refractivity contribution in [1.82, 2.24) is 0 Å². The lowest BCUT2D eigenvalue weighted by Crippen LogP contribution is -2.27. The van der Waals surface area contributed by atoms with Crippen LogP contribution >= 0.6 is 48.4 Å². The second-order valence-electron chi connectivity index (χ2n) is 10.5. The first-order valence-corrected chi connectivity index (χ1v) is 15.4. The van der Waals surface area contributed by atoms with Gasteiger partial charge in [0.15, 0.2) is 0 Å². The molecule has 2 aromatic carbocycles. The number of hydrogen-bond acceptors (Lipinski definition) is 5. The van der Waals surface area contributed by atoms with E-state index in [1.165, 1.54) is 21.0 Å². The molecule has 0 bridgehead atoms. The van der Waals surface area contributed by atoms with E-state index in [0.29, 0.717) is 12.0 Å². The van der Waals surface area contributed by atoms with Crippen molar-refractivity contribution in [3.05, 3.63) is 66.2 Å². The average molecular weight is 572 g/mol. The summed E-state index contributed by atoms with van der Waals surface area (Å²) in [4.78, 5) is 6.76. The van der Waals surface area contributed by atoms with Crippen LogP contribution in [0.15, 0.2) is 60.0 Å². The zero-order valence-electron chi connectivity index (χ0n) is 23.9. The van der Waals surface area contributed by atoms with Crippen LogP contribution in [0.1, 0.15) is 85.3 Å². The smallest absolute Gasteiger partial charge is 0.0542 e. The SMILES string of the molecule is C=C(c1ccc(SCCCC(C)=S)cc1)N(CC(C)=S)c1ccccc1CC.CCC(=S)CC(C)(C)C. The summed E-state index contributed by atoms with van der Waals surface area (Å²) in [7, 11) is 0. The molecule has 0 aromatic heterocycles. The summed E-state index contributed by atoms with van der Waals surface area (Å²) < 4.78 is 0. The lowest BCUT2D eigenvalue weighted by Gasteiger charge is -2.29. The number of thiocarbonyl (C=S) groups is 3. The molecule has 0 atom stereocenters. The van der Waals surface area contributed by atoms with Crippen LogP contribution in [0.4, 0.5) is 5.69 Å². The molecule has 0 radical (unpaired) electrons. The standard InChI is InChI=1S/C24H29NS3.C8H16S/c1-5-21-10-6-7-11-24(21)25(17-19(3)27)20(4)22-12-14-23(15-13-22)28-16-8-9-18(2)26;1-5-7(9)6-8(2,3)4/h6-7,10-15H,4-5,8-9,16-17H2,1-3H3;5-6H2,1-4H3. The van der Waals surface area contributed by atoms with Gasteiger partial charge in [0.2, 0.25) is 0 Å². The van der Waals surface area contributed by atoms with Gasteiger partial charge in [-0.15, -0.1) is 11.8 Å². The largest absolute Gasteiger partial charge is 0.336 e. The summed E-state index contributed by atoms with van der Waals surface area (Å²) >= 11 is 17.6. The molecular weight excluding hydrogens is 527 g/mol. The molecule has 0 aliphatic heterocycles. The molecule has 2 aromatic rings. The Bertz CT molecular complexity index is 1030. The molecule has 2 rings (SSSR count). The molecule has 0 unspecified atom stereocenters. The van der Waals surface area contributed by atoms with Crippen LogP contribution in [0.5, 0.6) is 0 Å². The number of aryl methyl sites for hydroxylation is 1. The third kappa shape index (κ3) is 13.8. The summed E-state index contributed by atoms with van der Waals surface area (Å²) in [6.07, 6.45) is 5.27. The third-order valence-electron chi connectivity index (χ3n) is 5.62. The summed E-state index contributed by atoms with van der Waals surface area (Å²) in [5, 5.41) is 0. The van der Waals surface area contributed by atoms with Crippen molar-refractivity contribution in [3.8, 4) is 0 Å². The molecule has 0 saturated heterocycles. The number of rotatable bonds is 13. The normalized spacial score (nSPS) is 10.8. The molecule has 0 heterocycles. The van der Waals surface area contributed by atoms with Gasteiger partial charge in [-0.1, -0.05) is 108 Å². The zero-order chi connectivity index (χ0) is 28.0. The Morgan fingerprint density at radius 3 is 2.03 bits per heavy atom. The van der Waals surface area contributed by atoms with E-state index in [4.69, 9.17) is 36.7 Å². The highest BCUT2D eigenvalue weighted by molar-refractivity contribution is 7.99. The molecule has 37 heavy (non-hydrogen) atoms. The Labute approximate surface area is 247 Å². The van der Waals surface area contributed by atoms with Gasteiger partial charge in [-0.2, -0.15) is 0 Å². The molecule has 5 heteroatoms. The van der Waals surface area contributed by atoms with E-state index in [1.807, 2.05) is 25.6 Å². The number of thioether (sulfide) groups is 1. The predicted molar refractivity (Wildman–Crippen MR) is 182 cm³/mol. The van der Waals surface area contributed by atoms with E-state index in [2.05, 4.69) is 94.6 Å². The van der Waals surface area contributed by atoms with Crippen LogP contribution in [0.3, 0.4) is 0 Å². The molecule has 0 spiro atoms. The highest BCUT2D eigenvalue weighted by Crippen LogP contribution is 2.30. The Morgan fingerprint density at radius 2 is 1.54 bits per heavy atom. The summed E-state index contributed by atoms with van der Waals surface area (Å²) in [5.74, 6) is 1.09. The molecule has 0 amide bonds. The quantitative estimate of drug-likeness (QED) is 0.133. The highest BCUT2D eigenvalue weighted by atomic mass is 32.2. The van der Waals surface area contributed by atoms with Crippen LogP contribution in [0.2, 0.25) is 0 Å². The fraction of sp³-hybridized carbons (Fsp3) is 0.469. The zero-order valence-corrected chi connectivity index (χ0v) is 27.1. The summed E-state index contributed by atoms with van der Waals surface area (Å²) in [5.41, 5.74) is 4.99. The van der Waals surface area contributed by atoms with Gasteiger partial charge >= 0.3 is 0 Å². The van der Waals surface area contributed by atoms with E-state index in [-0.39, 0.29) is 0 Å². The molecule has 0 N–H and O–H groups in total. The van der Waals surface area contributed by atoms with Crippen molar-refractivity contribution in [2.45, 2.75) is 85.5 Å².